The van der Waals surface area contributed by atoms with Gasteiger partial charge in [0.25, 0.3) is 0 Å². The second-order valence-electron chi connectivity index (χ2n) is 13.3. The number of para-hydroxylation sites is 1. The molecule has 0 bridgehead atoms. The van der Waals surface area contributed by atoms with Crippen LogP contribution in [0.15, 0.2) is 121 Å². The summed E-state index contributed by atoms with van der Waals surface area (Å²) < 4.78 is 13.4. The lowest BCUT2D eigenvalue weighted by molar-refractivity contribution is 0.00578. The molecule has 3 nitrogen and oxygen atoms in total. The van der Waals surface area contributed by atoms with Gasteiger partial charge < -0.3 is 9.31 Å². The zero-order valence-corrected chi connectivity index (χ0v) is 25.4. The van der Waals surface area contributed by atoms with Crippen LogP contribution in [0.2, 0.25) is 0 Å². The molecule has 0 amide bonds. The number of pyridine rings is 1. The van der Waals surface area contributed by atoms with Crippen LogP contribution in [0.4, 0.5) is 0 Å². The van der Waals surface area contributed by atoms with Gasteiger partial charge in [0, 0.05) is 16.5 Å². The molecule has 1 spiro atoms. The first kappa shape index (κ1) is 25.9. The van der Waals surface area contributed by atoms with Gasteiger partial charge in [-0.25, -0.2) is 4.98 Å². The molecule has 1 saturated heterocycles. The summed E-state index contributed by atoms with van der Waals surface area (Å²) in [6, 6.07) is 43.9. The first-order valence-electron chi connectivity index (χ1n) is 15.5. The zero-order chi connectivity index (χ0) is 29.8. The van der Waals surface area contributed by atoms with Crippen molar-refractivity contribution < 1.29 is 9.31 Å². The first-order valence-corrected chi connectivity index (χ1v) is 15.5. The van der Waals surface area contributed by atoms with E-state index in [1.54, 1.807) is 0 Å². The average Bonchev–Trinajstić information content (AvgIpc) is 3.60. The van der Waals surface area contributed by atoms with Gasteiger partial charge in [-0.05, 0) is 78.2 Å². The highest BCUT2D eigenvalue weighted by atomic mass is 16.7. The molecule has 1 unspecified atom stereocenters. The van der Waals surface area contributed by atoms with E-state index in [9.17, 15) is 0 Å². The second-order valence-corrected chi connectivity index (χ2v) is 13.3. The SMILES string of the molecule is CC1(C)OB(c2cccc3c2-c2ccccc2C32c3ccccc3-c3c(-c4ccccc4)nc4ccccc4c32)OC1(C)C. The summed E-state index contributed by atoms with van der Waals surface area (Å²) in [6.45, 7) is 8.50. The van der Waals surface area contributed by atoms with Crippen molar-refractivity contribution in [2.75, 3.05) is 0 Å². The summed E-state index contributed by atoms with van der Waals surface area (Å²) in [5.41, 5.74) is 12.9. The lowest BCUT2D eigenvalue weighted by Crippen LogP contribution is -2.41. The van der Waals surface area contributed by atoms with E-state index in [-0.39, 0.29) is 0 Å². The molecule has 1 fully saturated rings. The Labute approximate surface area is 258 Å². The number of fused-ring (bicyclic) bond motifs is 12. The molecular weight excluding hydrogens is 537 g/mol. The number of aromatic nitrogens is 1. The van der Waals surface area contributed by atoms with E-state index < -0.39 is 23.7 Å². The van der Waals surface area contributed by atoms with Gasteiger partial charge in [0.15, 0.2) is 0 Å². The van der Waals surface area contributed by atoms with Crippen LogP contribution in [0, 0.1) is 0 Å². The van der Waals surface area contributed by atoms with E-state index in [0.29, 0.717) is 0 Å². The van der Waals surface area contributed by atoms with Gasteiger partial charge in [-0.2, -0.15) is 0 Å². The lowest BCUT2D eigenvalue weighted by atomic mass is 9.68. The Morgan fingerprint density at radius 3 is 1.82 bits per heavy atom. The van der Waals surface area contributed by atoms with Crippen molar-refractivity contribution in [1.29, 1.82) is 0 Å². The predicted molar refractivity (Wildman–Crippen MR) is 179 cm³/mol. The topological polar surface area (TPSA) is 31.4 Å². The monoisotopic (exact) mass is 569 g/mol. The Bertz CT molecular complexity index is 2140. The number of benzene rings is 5. The summed E-state index contributed by atoms with van der Waals surface area (Å²) in [6.07, 6.45) is 0. The molecule has 3 aliphatic rings. The van der Waals surface area contributed by atoms with Crippen LogP contribution < -0.4 is 5.46 Å². The maximum Gasteiger partial charge on any atom is 0.495 e. The van der Waals surface area contributed by atoms with Crippen molar-refractivity contribution in [2.45, 2.75) is 44.3 Å². The first-order chi connectivity index (χ1) is 21.3. The Morgan fingerprint density at radius 2 is 1.11 bits per heavy atom. The standard InChI is InChI=1S/C40H32BNO2/c1-38(2)39(3,4)44-41(43-38)32-23-14-22-31-34(32)26-17-8-11-20-29(26)40(31)30-21-12-9-18-27(30)35-36(40)28-19-10-13-24-33(28)42-37(35)25-15-6-5-7-16-25/h5-24H,1-4H3. The minimum absolute atomic E-state index is 0.435. The number of hydrogen-bond acceptors (Lipinski definition) is 3. The molecule has 44 heavy (non-hydrogen) atoms. The van der Waals surface area contributed by atoms with Crippen LogP contribution in [-0.4, -0.2) is 23.3 Å². The van der Waals surface area contributed by atoms with Crippen LogP contribution in [0.1, 0.15) is 49.9 Å². The highest BCUT2D eigenvalue weighted by Gasteiger charge is 2.57. The van der Waals surface area contributed by atoms with Crippen molar-refractivity contribution in [2.24, 2.45) is 0 Å². The molecule has 0 radical (unpaired) electrons. The smallest absolute Gasteiger partial charge is 0.399 e. The average molecular weight is 570 g/mol. The molecule has 9 rings (SSSR count). The minimum Gasteiger partial charge on any atom is -0.399 e. The van der Waals surface area contributed by atoms with E-state index in [2.05, 4.69) is 149 Å². The molecule has 1 aliphatic heterocycles. The molecule has 212 valence electrons. The third-order valence-electron chi connectivity index (χ3n) is 10.5. The molecule has 6 aromatic rings. The summed E-state index contributed by atoms with van der Waals surface area (Å²) in [7, 11) is -0.469. The fraction of sp³-hybridized carbons (Fsp3) is 0.175. The Hall–Kier alpha value is -4.51. The number of rotatable bonds is 2. The zero-order valence-electron chi connectivity index (χ0n) is 25.4. The molecule has 4 heteroatoms. The molecule has 0 N–H and O–H groups in total. The van der Waals surface area contributed by atoms with Crippen molar-refractivity contribution in [3.8, 4) is 33.5 Å². The molecular formula is C40H32BNO2. The third-order valence-corrected chi connectivity index (χ3v) is 10.5. The molecule has 1 aromatic heterocycles. The summed E-state index contributed by atoms with van der Waals surface area (Å²) in [5.74, 6) is 0. The number of hydrogen-bond donors (Lipinski definition) is 0. The summed E-state index contributed by atoms with van der Waals surface area (Å²) >= 11 is 0. The molecule has 0 saturated carbocycles. The van der Waals surface area contributed by atoms with Crippen molar-refractivity contribution in [1.82, 2.24) is 4.98 Å². The maximum atomic E-state index is 6.70. The van der Waals surface area contributed by atoms with Crippen LogP contribution in [0.5, 0.6) is 0 Å². The van der Waals surface area contributed by atoms with Gasteiger partial charge in [0.2, 0.25) is 0 Å². The Morgan fingerprint density at radius 1 is 0.545 bits per heavy atom. The molecule has 5 aromatic carbocycles. The highest BCUT2D eigenvalue weighted by molar-refractivity contribution is 6.64. The minimum atomic E-state index is -0.524. The Balaban J connectivity index is 1.44. The number of nitrogens with zero attached hydrogens (tertiary/aromatic N) is 1. The van der Waals surface area contributed by atoms with Crippen LogP contribution in [0.25, 0.3) is 44.4 Å². The van der Waals surface area contributed by atoms with E-state index in [0.717, 1.165) is 22.2 Å². The predicted octanol–water partition coefficient (Wildman–Crippen LogP) is 8.54. The largest absolute Gasteiger partial charge is 0.495 e. The maximum absolute atomic E-state index is 6.70. The van der Waals surface area contributed by atoms with Gasteiger partial charge in [-0.1, -0.05) is 115 Å². The summed E-state index contributed by atoms with van der Waals surface area (Å²) in [5, 5.41) is 1.18. The Kier molecular flexibility index (Phi) is 5.18. The third kappa shape index (κ3) is 3.17. The van der Waals surface area contributed by atoms with E-state index in [4.69, 9.17) is 14.3 Å². The van der Waals surface area contributed by atoms with Crippen molar-refractivity contribution >= 4 is 23.5 Å². The van der Waals surface area contributed by atoms with Crippen molar-refractivity contribution in [3.05, 3.63) is 144 Å². The highest BCUT2D eigenvalue weighted by Crippen LogP contribution is 2.65. The molecule has 1 atom stereocenters. The van der Waals surface area contributed by atoms with Gasteiger partial charge in [-0.3, -0.25) is 0 Å². The fourth-order valence-electron chi connectivity index (χ4n) is 7.91. The van der Waals surface area contributed by atoms with E-state index in [1.807, 2.05) is 0 Å². The van der Waals surface area contributed by atoms with Crippen LogP contribution in [-0.2, 0) is 14.7 Å². The van der Waals surface area contributed by atoms with Crippen LogP contribution in [0.3, 0.4) is 0 Å². The molecule has 2 aliphatic carbocycles. The van der Waals surface area contributed by atoms with Gasteiger partial charge in [0.1, 0.15) is 0 Å². The van der Waals surface area contributed by atoms with E-state index >= 15 is 0 Å². The lowest BCUT2D eigenvalue weighted by Gasteiger charge is -2.32. The van der Waals surface area contributed by atoms with Gasteiger partial charge >= 0.3 is 7.12 Å². The van der Waals surface area contributed by atoms with Crippen LogP contribution >= 0.6 is 0 Å². The van der Waals surface area contributed by atoms with Crippen molar-refractivity contribution in [3.63, 3.8) is 0 Å². The molecule has 2 heterocycles. The quantitative estimate of drug-likeness (QED) is 0.196. The van der Waals surface area contributed by atoms with Gasteiger partial charge in [-0.15, -0.1) is 0 Å². The summed E-state index contributed by atoms with van der Waals surface area (Å²) in [4.78, 5) is 5.35. The fourth-order valence-corrected chi connectivity index (χ4v) is 7.91. The van der Waals surface area contributed by atoms with E-state index in [1.165, 1.54) is 49.9 Å². The van der Waals surface area contributed by atoms with Gasteiger partial charge in [0.05, 0.1) is 27.8 Å². The second kappa shape index (κ2) is 8.78. The normalized spacial score (nSPS) is 20.0.